The molecule has 1 rings (SSSR count). The van der Waals surface area contributed by atoms with Crippen LogP contribution in [0, 0.1) is 5.92 Å². The summed E-state index contributed by atoms with van der Waals surface area (Å²) in [6, 6.07) is -0.267. The first-order valence-corrected chi connectivity index (χ1v) is 7.03. The zero-order valence-electron chi connectivity index (χ0n) is 12.7. The molecule has 21 heavy (non-hydrogen) atoms. The summed E-state index contributed by atoms with van der Waals surface area (Å²) >= 11 is 0. The highest BCUT2D eigenvalue weighted by Gasteiger charge is 2.14. The number of nitrogens with zero attached hydrogens (tertiary/aromatic N) is 2. The molecule has 0 fully saturated rings. The quantitative estimate of drug-likeness (QED) is 0.705. The summed E-state index contributed by atoms with van der Waals surface area (Å²) in [4.78, 5) is 30.7. The lowest BCUT2D eigenvalue weighted by molar-refractivity contribution is -0.110. The molecule has 6 nitrogen and oxygen atoms in total. The van der Waals surface area contributed by atoms with Crippen molar-refractivity contribution in [2.24, 2.45) is 5.92 Å². The van der Waals surface area contributed by atoms with E-state index in [-0.39, 0.29) is 23.6 Å². The largest absolute Gasteiger partial charge is 0.377 e. The molecule has 0 radical (unpaired) electrons. The van der Waals surface area contributed by atoms with Gasteiger partial charge in [0.15, 0.2) is 0 Å². The van der Waals surface area contributed by atoms with Gasteiger partial charge in [-0.25, -0.2) is 4.98 Å². The second-order valence-electron chi connectivity index (χ2n) is 4.96. The third kappa shape index (κ3) is 5.72. The Kier molecular flexibility index (Phi) is 7.08. The molecule has 0 aliphatic heterocycles. The summed E-state index contributed by atoms with van der Waals surface area (Å²) < 4.78 is 0. The Labute approximate surface area is 125 Å². The van der Waals surface area contributed by atoms with Crippen molar-refractivity contribution in [1.29, 1.82) is 0 Å². The van der Waals surface area contributed by atoms with Crippen LogP contribution in [0.5, 0.6) is 0 Å². The summed E-state index contributed by atoms with van der Waals surface area (Å²) in [6.45, 7) is 6.25. The van der Waals surface area contributed by atoms with Crippen molar-refractivity contribution in [3.05, 3.63) is 36.1 Å². The molecule has 0 aliphatic rings. The Morgan fingerprint density at radius 3 is 2.67 bits per heavy atom. The smallest absolute Gasteiger partial charge is 0.271 e. The molecule has 1 amide bonds. The van der Waals surface area contributed by atoms with Crippen LogP contribution in [0.2, 0.25) is 0 Å². The highest BCUT2D eigenvalue weighted by molar-refractivity contribution is 5.91. The molecule has 1 aromatic heterocycles. The van der Waals surface area contributed by atoms with Gasteiger partial charge in [-0.15, -0.1) is 0 Å². The van der Waals surface area contributed by atoms with Crippen molar-refractivity contribution in [3.8, 4) is 0 Å². The van der Waals surface area contributed by atoms with E-state index in [0.29, 0.717) is 6.54 Å². The summed E-state index contributed by atoms with van der Waals surface area (Å²) in [7, 11) is 0. The maximum Gasteiger partial charge on any atom is 0.271 e. The zero-order valence-corrected chi connectivity index (χ0v) is 12.7. The molecule has 0 bridgehead atoms. The molecule has 0 aliphatic carbocycles. The Morgan fingerprint density at radius 2 is 2.14 bits per heavy atom. The number of amides is 1. The van der Waals surface area contributed by atoms with Crippen LogP contribution in [0.15, 0.2) is 30.4 Å². The third-order valence-corrected chi connectivity index (χ3v) is 2.90. The van der Waals surface area contributed by atoms with Gasteiger partial charge in [-0.1, -0.05) is 26.8 Å². The average molecular weight is 290 g/mol. The summed E-state index contributed by atoms with van der Waals surface area (Å²) in [6.07, 6.45) is 8.05. The molecule has 0 aromatic carbocycles. The minimum absolute atomic E-state index is 0.179. The van der Waals surface area contributed by atoms with Gasteiger partial charge in [0.1, 0.15) is 12.0 Å². The second kappa shape index (κ2) is 8.84. The fraction of sp³-hybridized carbons (Fsp3) is 0.467. The van der Waals surface area contributed by atoms with Crippen molar-refractivity contribution in [1.82, 2.24) is 20.6 Å². The van der Waals surface area contributed by atoms with Gasteiger partial charge in [-0.2, -0.15) is 0 Å². The number of allylic oxidation sites excluding steroid dienone is 1. The fourth-order valence-electron chi connectivity index (χ4n) is 1.68. The minimum atomic E-state index is -0.292. The van der Waals surface area contributed by atoms with Crippen LogP contribution in [0.4, 0.5) is 0 Å². The monoisotopic (exact) mass is 290 g/mol. The predicted octanol–water partition coefficient (Wildman–Crippen LogP) is 1.31. The van der Waals surface area contributed by atoms with Crippen LogP contribution < -0.4 is 10.6 Å². The van der Waals surface area contributed by atoms with E-state index in [1.54, 1.807) is 0 Å². The molecule has 0 saturated heterocycles. The summed E-state index contributed by atoms with van der Waals surface area (Å²) in [5, 5.41) is 5.92. The van der Waals surface area contributed by atoms with Gasteiger partial charge in [0.2, 0.25) is 0 Å². The van der Waals surface area contributed by atoms with Crippen molar-refractivity contribution in [2.45, 2.75) is 33.2 Å². The van der Waals surface area contributed by atoms with Gasteiger partial charge in [0.25, 0.3) is 5.91 Å². The minimum Gasteiger partial charge on any atom is -0.377 e. The molecule has 0 saturated carbocycles. The molecule has 1 aromatic rings. The summed E-state index contributed by atoms with van der Waals surface area (Å²) in [5.41, 5.74) is 1.09. The summed E-state index contributed by atoms with van der Waals surface area (Å²) in [5.74, 6) is -0.113. The Hall–Kier alpha value is -2.24. The number of aromatic nitrogens is 2. The van der Waals surface area contributed by atoms with Crippen molar-refractivity contribution in [3.63, 3.8) is 0 Å². The third-order valence-electron chi connectivity index (χ3n) is 2.90. The van der Waals surface area contributed by atoms with Gasteiger partial charge < -0.3 is 15.4 Å². The fourth-order valence-corrected chi connectivity index (χ4v) is 1.68. The van der Waals surface area contributed by atoms with Crippen LogP contribution in [0.25, 0.3) is 0 Å². The van der Waals surface area contributed by atoms with E-state index in [0.717, 1.165) is 18.4 Å². The normalized spacial score (nSPS) is 12.9. The van der Waals surface area contributed by atoms with Crippen LogP contribution >= 0.6 is 0 Å². The number of carbonyl (C=O) groups excluding carboxylic acids is 2. The Balaban J connectivity index is 2.61. The number of nitrogens with one attached hydrogen (secondary N) is 2. The van der Waals surface area contributed by atoms with E-state index in [2.05, 4.69) is 20.6 Å². The molecule has 0 spiro atoms. The van der Waals surface area contributed by atoms with Gasteiger partial charge in [0, 0.05) is 18.1 Å². The Bertz CT molecular complexity index is 486. The zero-order chi connectivity index (χ0) is 15.7. The van der Waals surface area contributed by atoms with E-state index in [1.165, 1.54) is 18.6 Å². The number of rotatable bonds is 8. The number of hydrogen-bond acceptors (Lipinski definition) is 5. The molecule has 2 N–H and O–H groups in total. The topological polar surface area (TPSA) is 84.0 Å². The number of aldehydes is 1. The van der Waals surface area contributed by atoms with Gasteiger partial charge in [-0.3, -0.25) is 9.78 Å². The van der Waals surface area contributed by atoms with Crippen molar-refractivity contribution in [2.75, 3.05) is 6.54 Å². The number of hydrogen-bond donors (Lipinski definition) is 2. The van der Waals surface area contributed by atoms with Crippen LogP contribution in [-0.4, -0.2) is 34.7 Å². The van der Waals surface area contributed by atoms with Crippen LogP contribution in [-0.2, 0) is 4.79 Å². The molecule has 1 atom stereocenters. The molecular weight excluding hydrogens is 268 g/mol. The second-order valence-corrected chi connectivity index (χ2v) is 4.96. The first-order chi connectivity index (χ1) is 10.1. The van der Waals surface area contributed by atoms with E-state index in [9.17, 15) is 9.59 Å². The molecule has 1 heterocycles. The van der Waals surface area contributed by atoms with Crippen molar-refractivity contribution >= 4 is 12.2 Å². The number of carbonyl (C=O) groups is 2. The highest BCUT2D eigenvalue weighted by Crippen LogP contribution is 2.02. The standard InChI is InChI=1S/C15H22N4O2/c1-4-5-12(19-14(10-20)11(2)3)8-18-15(21)13-9-16-6-7-17-13/h5-7,9-11,14,19H,4,8H2,1-3H3,(H,18,21)/b12-5+. The van der Waals surface area contributed by atoms with Gasteiger partial charge >= 0.3 is 0 Å². The SMILES string of the molecule is CC/C=C(\CNC(=O)c1cnccn1)NC(C=O)C(C)C. The van der Waals surface area contributed by atoms with Crippen LogP contribution in [0.1, 0.15) is 37.7 Å². The molecule has 114 valence electrons. The maximum atomic E-state index is 11.9. The lowest BCUT2D eigenvalue weighted by atomic mass is 10.1. The predicted molar refractivity (Wildman–Crippen MR) is 80.6 cm³/mol. The maximum absolute atomic E-state index is 11.9. The van der Waals surface area contributed by atoms with Gasteiger partial charge in [-0.05, 0) is 12.3 Å². The van der Waals surface area contributed by atoms with Gasteiger partial charge in [0.05, 0.1) is 18.8 Å². The first-order valence-electron chi connectivity index (χ1n) is 7.03. The van der Waals surface area contributed by atoms with Crippen molar-refractivity contribution < 1.29 is 9.59 Å². The first kappa shape index (κ1) is 16.8. The van der Waals surface area contributed by atoms with E-state index in [4.69, 9.17) is 0 Å². The van der Waals surface area contributed by atoms with E-state index >= 15 is 0 Å². The lowest BCUT2D eigenvalue weighted by Crippen LogP contribution is -2.39. The van der Waals surface area contributed by atoms with E-state index < -0.39 is 0 Å². The Morgan fingerprint density at radius 1 is 1.38 bits per heavy atom. The molecule has 1 unspecified atom stereocenters. The highest BCUT2D eigenvalue weighted by atomic mass is 16.1. The van der Waals surface area contributed by atoms with Crippen LogP contribution in [0.3, 0.4) is 0 Å². The molecule has 6 heteroatoms. The van der Waals surface area contributed by atoms with E-state index in [1.807, 2.05) is 26.8 Å². The molecular formula is C15H22N4O2. The lowest BCUT2D eigenvalue weighted by Gasteiger charge is -2.20. The average Bonchev–Trinajstić information content (AvgIpc) is 2.50.